The number of hydrogen-bond acceptors (Lipinski definition) is 5. The number of piperazine rings is 1. The average Bonchev–Trinajstić information content (AvgIpc) is 2.63. The molecule has 0 atom stereocenters. The Labute approximate surface area is 146 Å². The Morgan fingerprint density at radius 3 is 2.48 bits per heavy atom. The van der Waals surface area contributed by atoms with E-state index in [1.54, 1.807) is 4.90 Å². The fraction of sp³-hybridized carbons (Fsp3) is 0.368. The van der Waals surface area contributed by atoms with Crippen molar-refractivity contribution in [3.8, 4) is 5.75 Å². The summed E-state index contributed by atoms with van der Waals surface area (Å²) in [6.45, 7) is 6.84. The van der Waals surface area contributed by atoms with Crippen LogP contribution in [0.3, 0.4) is 0 Å². The van der Waals surface area contributed by atoms with Gasteiger partial charge in [0.05, 0.1) is 7.11 Å². The van der Waals surface area contributed by atoms with Crippen LogP contribution in [-0.2, 0) is 0 Å². The first-order valence-electron chi connectivity index (χ1n) is 8.28. The third-order valence-corrected chi connectivity index (χ3v) is 4.50. The molecule has 0 unspecified atom stereocenters. The minimum Gasteiger partial charge on any atom is -0.490 e. The number of ether oxygens (including phenoxy) is 1. The molecule has 0 N–H and O–H groups in total. The number of nitrogens with zero attached hydrogens (tertiary/aromatic N) is 2. The van der Waals surface area contributed by atoms with E-state index < -0.39 is 0 Å². The Bertz CT molecular complexity index is 836. The molecule has 1 fully saturated rings. The molecule has 6 heteroatoms. The molecule has 1 saturated heterocycles. The van der Waals surface area contributed by atoms with Gasteiger partial charge in [0.15, 0.2) is 5.76 Å². The van der Waals surface area contributed by atoms with Crippen LogP contribution >= 0.6 is 0 Å². The van der Waals surface area contributed by atoms with Gasteiger partial charge in [-0.1, -0.05) is 12.1 Å². The van der Waals surface area contributed by atoms with Gasteiger partial charge in [-0.25, -0.2) is 0 Å². The highest BCUT2D eigenvalue weighted by Gasteiger charge is 2.25. The fourth-order valence-electron chi connectivity index (χ4n) is 3.03. The van der Waals surface area contributed by atoms with Crippen LogP contribution in [0.25, 0.3) is 0 Å². The molecule has 1 aromatic carbocycles. The van der Waals surface area contributed by atoms with E-state index in [0.29, 0.717) is 13.1 Å². The smallest absolute Gasteiger partial charge is 0.289 e. The first-order valence-corrected chi connectivity index (χ1v) is 8.28. The van der Waals surface area contributed by atoms with Crippen LogP contribution in [0.15, 0.2) is 39.7 Å². The Balaban J connectivity index is 1.69. The predicted molar refractivity (Wildman–Crippen MR) is 95.6 cm³/mol. The molecule has 0 bridgehead atoms. The Morgan fingerprint density at radius 2 is 1.84 bits per heavy atom. The number of hydrogen-bond donors (Lipinski definition) is 0. The van der Waals surface area contributed by atoms with Crippen LogP contribution in [0.1, 0.15) is 21.7 Å². The number of methoxy groups -OCH3 is 1. The van der Waals surface area contributed by atoms with Gasteiger partial charge in [0.25, 0.3) is 5.91 Å². The summed E-state index contributed by atoms with van der Waals surface area (Å²) < 4.78 is 10.1. The van der Waals surface area contributed by atoms with E-state index in [1.807, 2.05) is 0 Å². The van der Waals surface area contributed by atoms with Crippen molar-refractivity contribution < 1.29 is 13.9 Å². The number of aryl methyl sites for hydroxylation is 2. The monoisotopic (exact) mass is 342 g/mol. The van der Waals surface area contributed by atoms with Crippen LogP contribution in [-0.4, -0.2) is 44.1 Å². The molecule has 25 heavy (non-hydrogen) atoms. The molecule has 0 spiro atoms. The standard InChI is InChI=1S/C19H22N2O4/c1-13-4-5-14(2)15(10-13)20-6-8-21(9-7-20)19(23)17-11-16(22)18(24-3)12-25-17/h4-5,10-12H,6-9H2,1-3H3. The minimum atomic E-state index is -0.355. The molecule has 3 rings (SSSR count). The second-order valence-electron chi connectivity index (χ2n) is 6.25. The summed E-state index contributed by atoms with van der Waals surface area (Å²) in [7, 11) is 1.39. The van der Waals surface area contributed by atoms with Crippen molar-refractivity contribution in [3.63, 3.8) is 0 Å². The van der Waals surface area contributed by atoms with Crippen LogP contribution in [0.2, 0.25) is 0 Å². The predicted octanol–water partition coefficient (Wildman–Crippen LogP) is 2.23. The van der Waals surface area contributed by atoms with Gasteiger partial charge < -0.3 is 19.0 Å². The lowest BCUT2D eigenvalue weighted by molar-refractivity contribution is 0.0711. The third-order valence-electron chi connectivity index (χ3n) is 4.50. The number of amides is 1. The lowest BCUT2D eigenvalue weighted by Gasteiger charge is -2.36. The zero-order valence-corrected chi connectivity index (χ0v) is 14.7. The molecule has 0 radical (unpaired) electrons. The van der Waals surface area contributed by atoms with Crippen molar-refractivity contribution in [2.24, 2.45) is 0 Å². The molecular weight excluding hydrogens is 320 g/mol. The first kappa shape index (κ1) is 17.1. The summed E-state index contributed by atoms with van der Waals surface area (Å²) in [6.07, 6.45) is 1.18. The SMILES string of the molecule is COc1coc(C(=O)N2CCN(c3cc(C)ccc3C)CC2)cc1=O. The van der Waals surface area contributed by atoms with E-state index in [-0.39, 0.29) is 22.8 Å². The number of anilines is 1. The minimum absolute atomic E-state index is 0.0472. The van der Waals surface area contributed by atoms with E-state index in [2.05, 4.69) is 36.9 Å². The zero-order chi connectivity index (χ0) is 18.0. The van der Waals surface area contributed by atoms with Gasteiger partial charge in [0.1, 0.15) is 6.26 Å². The quantitative estimate of drug-likeness (QED) is 0.856. The summed E-state index contributed by atoms with van der Waals surface area (Å²) in [6, 6.07) is 7.59. The fourth-order valence-corrected chi connectivity index (χ4v) is 3.03. The first-order chi connectivity index (χ1) is 12.0. The Morgan fingerprint density at radius 1 is 1.12 bits per heavy atom. The van der Waals surface area contributed by atoms with E-state index >= 15 is 0 Å². The van der Waals surface area contributed by atoms with Crippen molar-refractivity contribution in [1.82, 2.24) is 4.90 Å². The highest BCUT2D eigenvalue weighted by molar-refractivity contribution is 5.91. The summed E-state index contributed by atoms with van der Waals surface area (Å²) >= 11 is 0. The lowest BCUT2D eigenvalue weighted by atomic mass is 10.1. The Hall–Kier alpha value is -2.76. The molecule has 1 aromatic heterocycles. The van der Waals surface area contributed by atoms with Crippen molar-refractivity contribution in [2.75, 3.05) is 38.2 Å². The van der Waals surface area contributed by atoms with Crippen molar-refractivity contribution in [3.05, 3.63) is 57.6 Å². The molecule has 2 heterocycles. The maximum absolute atomic E-state index is 12.5. The largest absolute Gasteiger partial charge is 0.490 e. The topological polar surface area (TPSA) is 63.0 Å². The highest BCUT2D eigenvalue weighted by Crippen LogP contribution is 2.23. The summed E-state index contributed by atoms with van der Waals surface area (Å²) in [4.78, 5) is 28.4. The molecule has 0 saturated carbocycles. The maximum atomic E-state index is 12.5. The van der Waals surface area contributed by atoms with E-state index in [1.165, 1.54) is 36.3 Å². The molecule has 1 amide bonds. The van der Waals surface area contributed by atoms with Crippen LogP contribution in [0.5, 0.6) is 5.75 Å². The lowest BCUT2D eigenvalue weighted by Crippen LogP contribution is -2.49. The number of rotatable bonds is 3. The molecule has 1 aliphatic heterocycles. The Kier molecular flexibility index (Phi) is 4.79. The second-order valence-corrected chi connectivity index (χ2v) is 6.25. The van der Waals surface area contributed by atoms with Crippen LogP contribution in [0, 0.1) is 13.8 Å². The van der Waals surface area contributed by atoms with Gasteiger partial charge in [0.2, 0.25) is 11.2 Å². The van der Waals surface area contributed by atoms with Crippen LogP contribution < -0.4 is 15.1 Å². The zero-order valence-electron chi connectivity index (χ0n) is 14.7. The normalized spacial score (nSPS) is 14.5. The van der Waals surface area contributed by atoms with Gasteiger partial charge in [-0.2, -0.15) is 0 Å². The molecule has 6 nitrogen and oxygen atoms in total. The molecule has 0 aliphatic carbocycles. The van der Waals surface area contributed by atoms with E-state index in [4.69, 9.17) is 9.15 Å². The van der Waals surface area contributed by atoms with Crippen molar-refractivity contribution in [1.29, 1.82) is 0 Å². The number of carbonyl (C=O) groups excluding carboxylic acids is 1. The summed E-state index contributed by atoms with van der Waals surface area (Å²) in [5, 5.41) is 0. The van der Waals surface area contributed by atoms with Gasteiger partial charge in [-0.15, -0.1) is 0 Å². The summed E-state index contributed by atoms with van der Waals surface area (Å²) in [5.41, 5.74) is 3.31. The average molecular weight is 342 g/mol. The van der Waals surface area contributed by atoms with Gasteiger partial charge in [-0.3, -0.25) is 9.59 Å². The third kappa shape index (κ3) is 3.52. The van der Waals surface area contributed by atoms with Gasteiger partial charge >= 0.3 is 0 Å². The molecule has 1 aliphatic rings. The van der Waals surface area contributed by atoms with Gasteiger partial charge in [0, 0.05) is 37.9 Å². The number of carbonyl (C=O) groups is 1. The second kappa shape index (κ2) is 7.01. The number of benzene rings is 1. The molecule has 132 valence electrons. The van der Waals surface area contributed by atoms with E-state index in [0.717, 1.165) is 13.1 Å². The highest BCUT2D eigenvalue weighted by atomic mass is 16.5. The summed E-state index contributed by atoms with van der Waals surface area (Å²) in [5.74, 6) is -0.123. The van der Waals surface area contributed by atoms with Crippen molar-refractivity contribution >= 4 is 11.6 Å². The van der Waals surface area contributed by atoms with Crippen molar-refractivity contribution in [2.45, 2.75) is 13.8 Å². The van der Waals surface area contributed by atoms with E-state index in [9.17, 15) is 9.59 Å². The molecule has 2 aromatic rings. The van der Waals surface area contributed by atoms with Gasteiger partial charge in [-0.05, 0) is 31.0 Å². The van der Waals surface area contributed by atoms with Crippen LogP contribution in [0.4, 0.5) is 5.69 Å². The molecular formula is C19H22N2O4. The maximum Gasteiger partial charge on any atom is 0.289 e.